The fourth-order valence-electron chi connectivity index (χ4n) is 1.54. The maximum atomic E-state index is 11.7. The molecule has 124 valence electrons. The van der Waals surface area contributed by atoms with E-state index >= 15 is 0 Å². The first-order valence-electron chi connectivity index (χ1n) is 6.12. The van der Waals surface area contributed by atoms with Crippen molar-refractivity contribution in [3.8, 4) is 0 Å². The molecule has 1 heterocycles. The van der Waals surface area contributed by atoms with E-state index in [0.717, 1.165) is 13.3 Å². The van der Waals surface area contributed by atoms with Gasteiger partial charge in [-0.3, -0.25) is 19.8 Å². The molecule has 0 amide bonds. The average molecular weight is 327 g/mol. The molecule has 1 unspecified atom stereocenters. The van der Waals surface area contributed by atoms with E-state index in [1.165, 1.54) is 18.3 Å². The third kappa shape index (κ3) is 4.83. The molecule has 10 heteroatoms. The lowest BCUT2D eigenvalue weighted by Crippen LogP contribution is -2.45. The van der Waals surface area contributed by atoms with Crippen LogP contribution in [-0.4, -0.2) is 51.9 Å². The highest BCUT2D eigenvalue weighted by Gasteiger charge is 2.46. The number of carboxylic acids is 1. The number of hydrogen-bond acceptors (Lipinski definition) is 9. The van der Waals surface area contributed by atoms with Crippen LogP contribution in [0, 0.1) is 0 Å². The van der Waals surface area contributed by atoms with Gasteiger partial charge in [0.15, 0.2) is 0 Å². The average Bonchev–Trinajstić information content (AvgIpc) is 2.54. The minimum absolute atomic E-state index is 0.0420. The minimum atomic E-state index is -2.63. The van der Waals surface area contributed by atoms with Crippen molar-refractivity contribution in [1.29, 1.82) is 0 Å². The summed E-state index contributed by atoms with van der Waals surface area (Å²) in [6, 6.07) is 2.75. The Bertz CT molecular complexity index is 601. The van der Waals surface area contributed by atoms with Crippen LogP contribution in [0.4, 0.5) is 0 Å². The maximum Gasteiger partial charge on any atom is 0.347 e. The van der Waals surface area contributed by atoms with Crippen LogP contribution in [0.3, 0.4) is 0 Å². The van der Waals surface area contributed by atoms with Crippen molar-refractivity contribution in [3.63, 3.8) is 0 Å². The topological polar surface area (TPSA) is 149 Å². The second-order valence-electron chi connectivity index (χ2n) is 4.32. The largest absolute Gasteiger partial charge is 0.479 e. The summed E-state index contributed by atoms with van der Waals surface area (Å²) in [6.45, 7) is 0. The molecule has 1 atom stereocenters. The van der Waals surface area contributed by atoms with Crippen LogP contribution in [0.15, 0.2) is 24.5 Å². The Balaban J connectivity index is 2.83. The van der Waals surface area contributed by atoms with Gasteiger partial charge in [0.25, 0.3) is 0 Å². The maximum absolute atomic E-state index is 11.7. The molecule has 0 aliphatic rings. The van der Waals surface area contributed by atoms with Gasteiger partial charge in [-0.25, -0.2) is 14.5 Å². The molecule has 0 aliphatic heterocycles. The van der Waals surface area contributed by atoms with Crippen molar-refractivity contribution in [2.45, 2.75) is 18.4 Å². The summed E-state index contributed by atoms with van der Waals surface area (Å²) in [7, 11) is 0.983. The number of ether oxygens (including phenoxy) is 2. The molecule has 0 saturated heterocycles. The number of rotatable bonds is 7. The van der Waals surface area contributed by atoms with Crippen LogP contribution in [-0.2, 0) is 28.7 Å². The zero-order valence-corrected chi connectivity index (χ0v) is 11.9. The van der Waals surface area contributed by atoms with Crippen LogP contribution < -0.4 is 0 Å². The van der Waals surface area contributed by atoms with Crippen LogP contribution in [0.5, 0.6) is 0 Å². The lowest BCUT2D eigenvalue weighted by Gasteiger charge is -2.23. The number of nitrogens with zero attached hydrogens (tertiary/aromatic N) is 1. The molecule has 0 spiro atoms. The van der Waals surface area contributed by atoms with E-state index in [1.807, 2.05) is 0 Å². The molecule has 0 fully saturated rings. The van der Waals surface area contributed by atoms with Crippen molar-refractivity contribution in [1.82, 2.24) is 4.98 Å². The van der Waals surface area contributed by atoms with Gasteiger partial charge >= 0.3 is 23.9 Å². The molecule has 23 heavy (non-hydrogen) atoms. The molecule has 1 aromatic heterocycles. The molecular formula is C13H13NO9. The zero-order valence-electron chi connectivity index (χ0n) is 11.9. The highest BCUT2D eigenvalue weighted by atomic mass is 17.1. The molecule has 1 rings (SSSR count). The predicted molar refractivity (Wildman–Crippen MR) is 70.0 cm³/mol. The number of aliphatic carboxylic acids is 1. The third-order valence-electron chi connectivity index (χ3n) is 2.76. The van der Waals surface area contributed by atoms with E-state index in [1.54, 1.807) is 0 Å². The van der Waals surface area contributed by atoms with E-state index in [0.29, 0.717) is 0 Å². The first kappa shape index (κ1) is 18.2. The SMILES string of the molecule is COC(=O)CC(CC(=O)OC(=O)c1cccnc1)(OO)C(=O)O. The van der Waals surface area contributed by atoms with Crippen LogP contribution in [0.25, 0.3) is 0 Å². The van der Waals surface area contributed by atoms with Crippen LogP contribution in [0.2, 0.25) is 0 Å². The number of pyridine rings is 1. The van der Waals surface area contributed by atoms with Gasteiger partial charge in [0, 0.05) is 12.4 Å². The zero-order chi connectivity index (χ0) is 17.5. The fourth-order valence-corrected chi connectivity index (χ4v) is 1.54. The standard InChI is InChI=1S/C13H13NO9/c1-21-9(15)5-13(23-20,12(18)19)6-10(16)22-11(17)8-3-2-4-14-7-8/h2-4,7,20H,5-6H2,1H3,(H,18,19). The van der Waals surface area contributed by atoms with E-state index in [-0.39, 0.29) is 5.56 Å². The van der Waals surface area contributed by atoms with Gasteiger partial charge in [0.1, 0.15) is 0 Å². The fraction of sp³-hybridized carbons (Fsp3) is 0.308. The van der Waals surface area contributed by atoms with E-state index in [2.05, 4.69) is 19.3 Å². The Morgan fingerprint density at radius 2 is 1.87 bits per heavy atom. The number of carbonyl (C=O) groups is 4. The highest BCUT2D eigenvalue weighted by molar-refractivity contribution is 5.98. The summed E-state index contributed by atoms with van der Waals surface area (Å²) in [5.74, 6) is -5.25. The lowest BCUT2D eigenvalue weighted by atomic mass is 9.95. The van der Waals surface area contributed by atoms with Gasteiger partial charge in [0.2, 0.25) is 5.60 Å². The van der Waals surface area contributed by atoms with Gasteiger partial charge in [-0.2, -0.15) is 0 Å². The van der Waals surface area contributed by atoms with Gasteiger partial charge in [-0.05, 0) is 12.1 Å². The summed E-state index contributed by atoms with van der Waals surface area (Å²) in [5, 5.41) is 17.9. The van der Waals surface area contributed by atoms with Gasteiger partial charge in [-0.1, -0.05) is 0 Å². The summed E-state index contributed by atoms with van der Waals surface area (Å²) in [6.07, 6.45) is 0.465. The number of carboxylic acid groups (broad SMARTS) is 1. The first-order chi connectivity index (χ1) is 10.8. The number of aromatic nitrogens is 1. The number of carbonyl (C=O) groups excluding carboxylic acids is 3. The molecule has 2 N–H and O–H groups in total. The van der Waals surface area contributed by atoms with Crippen molar-refractivity contribution < 1.29 is 43.9 Å². The molecular weight excluding hydrogens is 314 g/mol. The van der Waals surface area contributed by atoms with Crippen molar-refractivity contribution in [3.05, 3.63) is 30.1 Å². The second kappa shape index (κ2) is 7.96. The Morgan fingerprint density at radius 1 is 1.22 bits per heavy atom. The van der Waals surface area contributed by atoms with E-state index in [4.69, 9.17) is 10.4 Å². The van der Waals surface area contributed by atoms with E-state index < -0.39 is 42.3 Å². The normalized spacial score (nSPS) is 12.8. The Hall–Kier alpha value is -2.85. The number of hydrogen-bond donors (Lipinski definition) is 2. The van der Waals surface area contributed by atoms with Crippen molar-refractivity contribution >= 4 is 23.9 Å². The summed E-state index contributed by atoms with van der Waals surface area (Å²) in [4.78, 5) is 53.2. The van der Waals surface area contributed by atoms with Crippen LogP contribution >= 0.6 is 0 Å². The molecule has 0 radical (unpaired) electrons. The second-order valence-corrected chi connectivity index (χ2v) is 4.32. The molecule has 1 aromatic rings. The van der Waals surface area contributed by atoms with Gasteiger partial charge < -0.3 is 14.6 Å². The Labute approximate surface area is 129 Å². The molecule has 0 aromatic carbocycles. The summed E-state index contributed by atoms with van der Waals surface area (Å²) < 4.78 is 8.70. The van der Waals surface area contributed by atoms with Gasteiger partial charge in [-0.15, -0.1) is 0 Å². The third-order valence-corrected chi connectivity index (χ3v) is 2.76. The predicted octanol–water partition coefficient (Wildman–Crippen LogP) is 0.0312. The number of methoxy groups -OCH3 is 1. The monoisotopic (exact) mass is 327 g/mol. The Kier molecular flexibility index (Phi) is 6.30. The Morgan fingerprint density at radius 3 is 2.35 bits per heavy atom. The van der Waals surface area contributed by atoms with Crippen LogP contribution in [0.1, 0.15) is 23.2 Å². The van der Waals surface area contributed by atoms with Crippen molar-refractivity contribution in [2.75, 3.05) is 7.11 Å². The highest BCUT2D eigenvalue weighted by Crippen LogP contribution is 2.22. The lowest BCUT2D eigenvalue weighted by molar-refractivity contribution is -0.318. The quantitative estimate of drug-likeness (QED) is 0.304. The molecule has 0 saturated carbocycles. The van der Waals surface area contributed by atoms with Crippen molar-refractivity contribution in [2.24, 2.45) is 0 Å². The minimum Gasteiger partial charge on any atom is -0.479 e. The summed E-state index contributed by atoms with van der Waals surface area (Å²) in [5.41, 5.74) is -2.67. The first-order valence-corrected chi connectivity index (χ1v) is 6.12. The molecule has 0 aliphatic carbocycles. The summed E-state index contributed by atoms with van der Waals surface area (Å²) >= 11 is 0. The molecule has 10 nitrogen and oxygen atoms in total. The number of esters is 3. The molecule has 0 bridgehead atoms. The smallest absolute Gasteiger partial charge is 0.347 e. The van der Waals surface area contributed by atoms with Gasteiger partial charge in [0.05, 0.1) is 25.5 Å². The van der Waals surface area contributed by atoms with E-state index in [9.17, 15) is 19.2 Å².